The average Bonchev–Trinajstić information content (AvgIpc) is 3.27. The number of unbranched alkanes of at least 4 members (excludes halogenated alkanes) is 13. The third-order valence-electron chi connectivity index (χ3n) is 7.15. The Labute approximate surface area is 210 Å². The first kappa shape index (κ1) is 26.4. The molecular weight excluding hydrogens is 412 g/mol. The fraction of sp³-hybridized carbons (Fsp3) is 0.562. The van der Waals surface area contributed by atoms with E-state index < -0.39 is 0 Å². The molecule has 1 heterocycles. The number of hydrogen-bond acceptors (Lipinski definition) is 2. The Balaban J connectivity index is 1.30. The largest absolute Gasteiger partial charge is 0.352 e. The molecule has 1 aliphatic rings. The van der Waals surface area contributed by atoms with Gasteiger partial charge in [-0.3, -0.25) is 0 Å². The van der Waals surface area contributed by atoms with Crippen LogP contribution in [0.4, 0.5) is 0 Å². The molecule has 0 saturated heterocycles. The monoisotopic (exact) mass is 460 g/mol. The van der Waals surface area contributed by atoms with Crippen LogP contribution in [0.15, 0.2) is 73.1 Å². The summed E-state index contributed by atoms with van der Waals surface area (Å²) in [6.07, 6.45) is 24.7. The number of rotatable bonds is 18. The Morgan fingerprint density at radius 2 is 1.00 bits per heavy atom. The molecule has 186 valence electrons. The molecule has 1 atom stereocenters. The van der Waals surface area contributed by atoms with Crippen molar-refractivity contribution in [3.05, 3.63) is 84.2 Å². The predicted molar refractivity (Wildman–Crippen MR) is 147 cm³/mol. The quantitative estimate of drug-likeness (QED) is 0.204. The molecule has 1 aliphatic heterocycles. The maximum absolute atomic E-state index is 2.54. The minimum Gasteiger partial charge on any atom is -0.352 e. The van der Waals surface area contributed by atoms with Crippen LogP contribution in [0.2, 0.25) is 0 Å². The first-order chi connectivity index (χ1) is 16.9. The molecule has 0 aromatic heterocycles. The van der Waals surface area contributed by atoms with E-state index in [1.54, 1.807) is 0 Å². The van der Waals surface area contributed by atoms with Crippen LogP contribution in [0.5, 0.6) is 0 Å². The van der Waals surface area contributed by atoms with E-state index in [4.69, 9.17) is 0 Å². The summed E-state index contributed by atoms with van der Waals surface area (Å²) in [5.41, 5.74) is 2.75. The number of nitrogens with zero attached hydrogens (tertiary/aromatic N) is 2. The van der Waals surface area contributed by atoms with E-state index in [0.29, 0.717) is 6.17 Å². The standard InChI is InChI=1S/C32H48N2/c1-2-3-4-5-6-7-8-9-10-11-12-13-14-21-26-33-27-28-34(29-30-22-17-15-18-23-30)32(33)31-24-19-16-20-25-31/h15-20,22-25,27-28,32H,2-14,21,26,29H2,1H3. The van der Waals surface area contributed by atoms with Crippen molar-refractivity contribution >= 4 is 0 Å². The van der Waals surface area contributed by atoms with Gasteiger partial charge in [-0.1, -0.05) is 151 Å². The zero-order valence-electron chi connectivity index (χ0n) is 21.7. The molecule has 0 radical (unpaired) electrons. The van der Waals surface area contributed by atoms with E-state index >= 15 is 0 Å². The van der Waals surface area contributed by atoms with Gasteiger partial charge in [-0.15, -0.1) is 0 Å². The Hall–Kier alpha value is -2.22. The molecule has 2 nitrogen and oxygen atoms in total. The van der Waals surface area contributed by atoms with Crippen LogP contribution in [0.25, 0.3) is 0 Å². The zero-order valence-corrected chi connectivity index (χ0v) is 21.7. The van der Waals surface area contributed by atoms with Crippen molar-refractivity contribution in [2.24, 2.45) is 0 Å². The van der Waals surface area contributed by atoms with Crippen molar-refractivity contribution in [2.45, 2.75) is 110 Å². The summed E-state index contributed by atoms with van der Waals surface area (Å²) in [6.45, 7) is 4.39. The topological polar surface area (TPSA) is 6.48 Å². The molecule has 1 unspecified atom stereocenters. The molecule has 0 amide bonds. The van der Waals surface area contributed by atoms with E-state index in [1.807, 2.05) is 0 Å². The van der Waals surface area contributed by atoms with Crippen LogP contribution >= 0.6 is 0 Å². The van der Waals surface area contributed by atoms with E-state index in [2.05, 4.69) is 89.8 Å². The minimum absolute atomic E-state index is 0.309. The summed E-state index contributed by atoms with van der Waals surface area (Å²) >= 11 is 0. The summed E-state index contributed by atoms with van der Waals surface area (Å²) in [6, 6.07) is 21.8. The van der Waals surface area contributed by atoms with Crippen LogP contribution < -0.4 is 0 Å². The van der Waals surface area contributed by atoms with E-state index in [-0.39, 0.29) is 0 Å². The van der Waals surface area contributed by atoms with Gasteiger partial charge in [0.05, 0.1) is 0 Å². The molecular formula is C32H48N2. The molecule has 0 aliphatic carbocycles. The molecule has 0 saturated carbocycles. The van der Waals surface area contributed by atoms with Gasteiger partial charge in [-0.05, 0) is 17.5 Å². The van der Waals surface area contributed by atoms with Crippen molar-refractivity contribution in [2.75, 3.05) is 6.54 Å². The van der Waals surface area contributed by atoms with Crippen LogP contribution in [-0.2, 0) is 6.54 Å². The lowest BCUT2D eigenvalue weighted by atomic mass is 10.0. The maximum atomic E-state index is 2.54. The van der Waals surface area contributed by atoms with Crippen molar-refractivity contribution in [3.8, 4) is 0 Å². The third kappa shape index (κ3) is 9.57. The molecule has 0 N–H and O–H groups in total. The fourth-order valence-electron chi connectivity index (χ4n) is 5.15. The van der Waals surface area contributed by atoms with Gasteiger partial charge in [0.25, 0.3) is 0 Å². The third-order valence-corrected chi connectivity index (χ3v) is 7.15. The van der Waals surface area contributed by atoms with Crippen molar-refractivity contribution in [3.63, 3.8) is 0 Å². The summed E-state index contributed by atoms with van der Waals surface area (Å²) in [4.78, 5) is 5.02. The maximum Gasteiger partial charge on any atom is 0.127 e. The SMILES string of the molecule is CCCCCCCCCCCCCCCCN1C=CN(Cc2ccccc2)C1c1ccccc1. The second-order valence-corrected chi connectivity index (χ2v) is 10.1. The van der Waals surface area contributed by atoms with Crippen LogP contribution in [-0.4, -0.2) is 16.3 Å². The predicted octanol–water partition coefficient (Wildman–Crippen LogP) is 9.46. The Kier molecular flexibility index (Phi) is 12.7. The highest BCUT2D eigenvalue weighted by atomic mass is 15.4. The smallest absolute Gasteiger partial charge is 0.127 e. The van der Waals surface area contributed by atoms with Crippen molar-refractivity contribution in [1.29, 1.82) is 0 Å². The molecule has 2 aromatic rings. The van der Waals surface area contributed by atoms with Gasteiger partial charge in [0.15, 0.2) is 0 Å². The molecule has 3 rings (SSSR count). The Morgan fingerprint density at radius 3 is 1.56 bits per heavy atom. The summed E-state index contributed by atoms with van der Waals surface area (Å²) in [5, 5.41) is 0. The van der Waals surface area contributed by atoms with Gasteiger partial charge in [-0.2, -0.15) is 0 Å². The normalized spacial score (nSPS) is 15.4. The first-order valence-corrected chi connectivity index (χ1v) is 14.2. The van der Waals surface area contributed by atoms with Crippen molar-refractivity contribution in [1.82, 2.24) is 9.80 Å². The van der Waals surface area contributed by atoms with Gasteiger partial charge >= 0.3 is 0 Å². The molecule has 2 aromatic carbocycles. The number of hydrogen-bond donors (Lipinski definition) is 0. The lowest BCUT2D eigenvalue weighted by Crippen LogP contribution is -2.31. The second-order valence-electron chi connectivity index (χ2n) is 10.1. The lowest BCUT2D eigenvalue weighted by molar-refractivity contribution is 0.146. The van der Waals surface area contributed by atoms with Crippen LogP contribution in [0.3, 0.4) is 0 Å². The lowest BCUT2D eigenvalue weighted by Gasteiger charge is -2.33. The summed E-state index contributed by atoms with van der Waals surface area (Å²) in [7, 11) is 0. The fourth-order valence-corrected chi connectivity index (χ4v) is 5.15. The zero-order chi connectivity index (χ0) is 23.7. The minimum atomic E-state index is 0.309. The van der Waals surface area contributed by atoms with Crippen molar-refractivity contribution < 1.29 is 0 Å². The van der Waals surface area contributed by atoms with E-state index in [0.717, 1.165) is 13.1 Å². The second kappa shape index (κ2) is 16.4. The van der Waals surface area contributed by atoms with E-state index in [1.165, 1.54) is 101 Å². The van der Waals surface area contributed by atoms with Crippen LogP contribution in [0.1, 0.15) is 114 Å². The highest BCUT2D eigenvalue weighted by molar-refractivity contribution is 5.23. The molecule has 2 heteroatoms. The summed E-state index contributed by atoms with van der Waals surface area (Å²) < 4.78 is 0. The average molecular weight is 461 g/mol. The van der Waals surface area contributed by atoms with Gasteiger partial charge in [-0.25, -0.2) is 0 Å². The molecule has 0 bridgehead atoms. The van der Waals surface area contributed by atoms with Gasteiger partial charge in [0.2, 0.25) is 0 Å². The summed E-state index contributed by atoms with van der Waals surface area (Å²) in [5.74, 6) is 0. The molecule has 0 fully saturated rings. The van der Waals surface area contributed by atoms with Gasteiger partial charge in [0.1, 0.15) is 6.17 Å². The first-order valence-electron chi connectivity index (χ1n) is 14.2. The Bertz CT molecular complexity index is 770. The van der Waals surface area contributed by atoms with Gasteiger partial charge < -0.3 is 9.80 Å². The molecule has 0 spiro atoms. The molecule has 34 heavy (non-hydrogen) atoms. The number of benzene rings is 2. The highest BCUT2D eigenvalue weighted by Crippen LogP contribution is 2.32. The van der Waals surface area contributed by atoms with Gasteiger partial charge in [0, 0.05) is 25.5 Å². The van der Waals surface area contributed by atoms with Crippen LogP contribution in [0, 0.1) is 0 Å². The highest BCUT2D eigenvalue weighted by Gasteiger charge is 2.27. The Morgan fingerprint density at radius 1 is 0.529 bits per heavy atom. The van der Waals surface area contributed by atoms with E-state index in [9.17, 15) is 0 Å².